The Morgan fingerprint density at radius 2 is 1.50 bits per heavy atom. The smallest absolute Gasteiger partial charge is 0.120 e. The lowest BCUT2D eigenvalue weighted by atomic mass is 10.1. The Labute approximate surface area is 173 Å². The van der Waals surface area contributed by atoms with Crippen molar-refractivity contribution >= 4 is 0 Å². The molecule has 1 aromatic rings. The van der Waals surface area contributed by atoms with E-state index in [0.29, 0.717) is 24.6 Å². The maximum absolute atomic E-state index is 9.93. The van der Waals surface area contributed by atoms with Crippen LogP contribution >= 0.6 is 0 Å². The molecule has 0 aliphatic heterocycles. The van der Waals surface area contributed by atoms with Crippen LogP contribution in [-0.4, -0.2) is 42.9 Å². The fraction of sp³-hybridized carbons (Fsp3) is 0.565. The molecule has 5 heteroatoms. The SMILES string of the molecule is C=C/C(CNCCNCCNCc1ccccc1O)=C(/O)C(C)C.CC.CC. The minimum absolute atomic E-state index is 0.119. The van der Waals surface area contributed by atoms with Crippen LogP contribution in [0.1, 0.15) is 47.1 Å². The fourth-order valence-electron chi connectivity index (χ4n) is 2.22. The number of hydrogen-bond acceptors (Lipinski definition) is 5. The van der Waals surface area contributed by atoms with Crippen molar-refractivity contribution in [1.29, 1.82) is 0 Å². The van der Waals surface area contributed by atoms with Gasteiger partial charge < -0.3 is 26.2 Å². The first-order chi connectivity index (χ1) is 13.6. The summed E-state index contributed by atoms with van der Waals surface area (Å²) in [6.45, 7) is 20.3. The van der Waals surface area contributed by atoms with Crippen LogP contribution in [0.4, 0.5) is 0 Å². The number of aliphatic hydroxyl groups is 1. The number of phenols is 1. The zero-order valence-corrected chi connectivity index (χ0v) is 18.8. The van der Waals surface area contributed by atoms with Gasteiger partial charge in [0.1, 0.15) is 5.75 Å². The van der Waals surface area contributed by atoms with Crippen molar-refractivity contribution in [3.63, 3.8) is 0 Å². The zero-order valence-electron chi connectivity index (χ0n) is 18.8. The van der Waals surface area contributed by atoms with Gasteiger partial charge in [0, 0.05) is 56.3 Å². The first-order valence-electron chi connectivity index (χ1n) is 10.5. The van der Waals surface area contributed by atoms with Gasteiger partial charge in [-0.25, -0.2) is 0 Å². The number of aromatic hydroxyl groups is 1. The van der Waals surface area contributed by atoms with Gasteiger partial charge in [0.25, 0.3) is 0 Å². The number of phenolic OH excluding ortho intramolecular Hbond substituents is 1. The molecular formula is C23H43N3O2. The van der Waals surface area contributed by atoms with Gasteiger partial charge in [0.2, 0.25) is 0 Å². The van der Waals surface area contributed by atoms with Crippen molar-refractivity contribution in [1.82, 2.24) is 16.0 Å². The molecule has 5 nitrogen and oxygen atoms in total. The summed E-state index contributed by atoms with van der Waals surface area (Å²) in [4.78, 5) is 0. The Morgan fingerprint density at radius 1 is 0.964 bits per heavy atom. The van der Waals surface area contributed by atoms with Gasteiger partial charge in [-0.1, -0.05) is 72.4 Å². The lowest BCUT2D eigenvalue weighted by Crippen LogP contribution is -2.33. The molecule has 162 valence electrons. The monoisotopic (exact) mass is 393 g/mol. The van der Waals surface area contributed by atoms with Crippen molar-refractivity contribution in [2.75, 3.05) is 32.7 Å². The minimum Gasteiger partial charge on any atom is -0.512 e. The van der Waals surface area contributed by atoms with Gasteiger partial charge in [-0.05, 0) is 6.07 Å². The predicted octanol–water partition coefficient (Wildman–Crippen LogP) is 4.37. The van der Waals surface area contributed by atoms with Crippen LogP contribution in [0.5, 0.6) is 5.75 Å². The molecule has 0 amide bonds. The molecule has 0 aliphatic carbocycles. The first kappa shape index (κ1) is 28.4. The summed E-state index contributed by atoms with van der Waals surface area (Å²) in [5, 5.41) is 29.5. The third-order valence-electron chi connectivity index (χ3n) is 3.70. The van der Waals surface area contributed by atoms with Gasteiger partial charge >= 0.3 is 0 Å². The van der Waals surface area contributed by atoms with E-state index in [4.69, 9.17) is 0 Å². The van der Waals surface area contributed by atoms with Crippen molar-refractivity contribution < 1.29 is 10.2 Å². The third kappa shape index (κ3) is 13.4. The molecule has 1 rings (SSSR count). The van der Waals surface area contributed by atoms with E-state index >= 15 is 0 Å². The van der Waals surface area contributed by atoms with Crippen LogP contribution in [-0.2, 0) is 6.54 Å². The van der Waals surface area contributed by atoms with Crippen molar-refractivity contribution in [3.05, 3.63) is 53.8 Å². The van der Waals surface area contributed by atoms with Crippen molar-refractivity contribution in [3.8, 4) is 5.75 Å². The van der Waals surface area contributed by atoms with E-state index < -0.39 is 0 Å². The molecule has 0 saturated carbocycles. The summed E-state index contributed by atoms with van der Waals surface area (Å²) in [5.41, 5.74) is 1.77. The fourth-order valence-corrected chi connectivity index (χ4v) is 2.22. The van der Waals surface area contributed by atoms with Gasteiger partial charge in [0.05, 0.1) is 5.76 Å². The largest absolute Gasteiger partial charge is 0.512 e. The van der Waals surface area contributed by atoms with E-state index in [1.165, 1.54) is 0 Å². The number of benzene rings is 1. The van der Waals surface area contributed by atoms with Gasteiger partial charge in [-0.2, -0.15) is 0 Å². The maximum atomic E-state index is 9.93. The lowest BCUT2D eigenvalue weighted by molar-refractivity contribution is 0.344. The standard InChI is InChI=1S/C19H31N3O2.2C2H6/c1-4-16(19(24)15(2)3)13-21-11-9-20-10-12-22-14-17-7-5-6-8-18(17)23;2*1-2/h4-8,15,20-24H,1,9-14H2,2-3H3;2*1-2H3/b19-16-;;. The second kappa shape index (κ2) is 19.9. The average molecular weight is 394 g/mol. The molecule has 28 heavy (non-hydrogen) atoms. The highest BCUT2D eigenvalue weighted by Gasteiger charge is 2.05. The van der Waals surface area contributed by atoms with E-state index in [2.05, 4.69) is 22.5 Å². The van der Waals surface area contributed by atoms with E-state index in [0.717, 1.165) is 37.3 Å². The first-order valence-corrected chi connectivity index (χ1v) is 10.5. The second-order valence-corrected chi connectivity index (χ2v) is 6.00. The average Bonchev–Trinajstić information content (AvgIpc) is 2.73. The van der Waals surface area contributed by atoms with Crippen molar-refractivity contribution in [2.24, 2.45) is 5.92 Å². The van der Waals surface area contributed by atoms with E-state index in [9.17, 15) is 10.2 Å². The van der Waals surface area contributed by atoms with Crippen molar-refractivity contribution in [2.45, 2.75) is 48.1 Å². The van der Waals surface area contributed by atoms with Crippen LogP contribution in [0.2, 0.25) is 0 Å². The molecule has 0 atom stereocenters. The van der Waals surface area contributed by atoms with Gasteiger partial charge in [-0.15, -0.1) is 0 Å². The molecule has 0 bridgehead atoms. The molecule has 0 fully saturated rings. The van der Waals surface area contributed by atoms with Crippen LogP contribution in [0, 0.1) is 5.92 Å². The zero-order chi connectivity index (χ0) is 21.8. The molecular weight excluding hydrogens is 350 g/mol. The molecule has 0 spiro atoms. The number of rotatable bonds is 12. The Balaban J connectivity index is 0. The van der Waals surface area contributed by atoms with Crippen LogP contribution < -0.4 is 16.0 Å². The highest BCUT2D eigenvalue weighted by molar-refractivity contribution is 5.31. The van der Waals surface area contributed by atoms with Gasteiger partial charge in [0.15, 0.2) is 0 Å². The molecule has 0 saturated heterocycles. The number of para-hydroxylation sites is 1. The number of aliphatic hydroxyl groups excluding tert-OH is 1. The highest BCUT2D eigenvalue weighted by atomic mass is 16.3. The second-order valence-electron chi connectivity index (χ2n) is 6.00. The number of nitrogens with one attached hydrogen (secondary N) is 3. The predicted molar refractivity (Wildman–Crippen MR) is 123 cm³/mol. The molecule has 0 aliphatic rings. The van der Waals surface area contributed by atoms with Crippen LogP contribution in [0.3, 0.4) is 0 Å². The molecule has 5 N–H and O–H groups in total. The molecule has 0 radical (unpaired) electrons. The molecule has 0 aromatic heterocycles. The summed E-state index contributed by atoms with van der Waals surface area (Å²) in [6.07, 6.45) is 1.71. The molecule has 1 aromatic carbocycles. The maximum Gasteiger partial charge on any atom is 0.120 e. The quantitative estimate of drug-likeness (QED) is 0.207. The summed E-state index contributed by atoms with van der Waals surface area (Å²) < 4.78 is 0. The van der Waals surface area contributed by atoms with Crippen LogP contribution in [0.15, 0.2) is 48.3 Å². The Hall–Kier alpha value is -1.82. The summed E-state index contributed by atoms with van der Waals surface area (Å²) in [6, 6.07) is 7.35. The van der Waals surface area contributed by atoms with E-state index in [1.807, 2.05) is 59.7 Å². The summed E-state index contributed by atoms with van der Waals surface area (Å²) in [5.74, 6) is 0.852. The topological polar surface area (TPSA) is 76.5 Å². The number of hydrogen-bond donors (Lipinski definition) is 5. The highest BCUT2D eigenvalue weighted by Crippen LogP contribution is 2.14. The molecule has 0 heterocycles. The lowest BCUT2D eigenvalue weighted by Gasteiger charge is -2.12. The Morgan fingerprint density at radius 3 is 2.04 bits per heavy atom. The minimum atomic E-state index is 0.119. The van der Waals surface area contributed by atoms with Crippen LogP contribution in [0.25, 0.3) is 0 Å². The van der Waals surface area contributed by atoms with Gasteiger partial charge in [-0.3, -0.25) is 0 Å². The van der Waals surface area contributed by atoms with E-state index in [1.54, 1.807) is 12.1 Å². The summed E-state index contributed by atoms with van der Waals surface area (Å²) >= 11 is 0. The Kier molecular flexibility index (Phi) is 20.2. The van der Waals surface area contributed by atoms with E-state index in [-0.39, 0.29) is 5.92 Å². The molecule has 0 unspecified atom stereocenters. The summed E-state index contributed by atoms with van der Waals surface area (Å²) in [7, 11) is 0. The third-order valence-corrected chi connectivity index (χ3v) is 3.70. The Bertz CT molecular complexity index is 528. The normalized spacial score (nSPS) is 11.0. The number of allylic oxidation sites excluding steroid dienone is 1.